The van der Waals surface area contributed by atoms with Gasteiger partial charge in [-0.25, -0.2) is 0 Å². The third-order valence-electron chi connectivity index (χ3n) is 3.41. The third-order valence-corrected chi connectivity index (χ3v) is 3.81. The summed E-state index contributed by atoms with van der Waals surface area (Å²) in [5.41, 5.74) is 2.98. The molecule has 0 aromatic heterocycles. The number of halogens is 1. The number of nitrogens with one attached hydrogen (secondary N) is 2. The maximum absolute atomic E-state index is 12.1. The number of ether oxygens (including phenoxy) is 1. The van der Waals surface area contributed by atoms with Gasteiger partial charge in [0.05, 0.1) is 12.8 Å². The molecular formula is C18H19ClN2O3. The molecule has 5 nitrogen and oxygen atoms in total. The Morgan fingerprint density at radius 2 is 1.75 bits per heavy atom. The van der Waals surface area contributed by atoms with Gasteiger partial charge in [0.25, 0.3) is 0 Å². The Morgan fingerprint density at radius 1 is 1.04 bits per heavy atom. The van der Waals surface area contributed by atoms with Crippen molar-refractivity contribution in [1.82, 2.24) is 0 Å². The van der Waals surface area contributed by atoms with Gasteiger partial charge in [-0.1, -0.05) is 23.7 Å². The fraction of sp³-hybridized carbons (Fsp3) is 0.222. The van der Waals surface area contributed by atoms with Crippen molar-refractivity contribution in [2.75, 3.05) is 17.7 Å². The first-order chi connectivity index (χ1) is 11.4. The predicted molar refractivity (Wildman–Crippen MR) is 95.8 cm³/mol. The first kappa shape index (κ1) is 17.8. The minimum absolute atomic E-state index is 0.303. The summed E-state index contributed by atoms with van der Waals surface area (Å²) in [4.78, 5) is 24.0. The van der Waals surface area contributed by atoms with Crippen LogP contribution in [0.5, 0.6) is 5.75 Å². The number of anilines is 2. The van der Waals surface area contributed by atoms with Crippen molar-refractivity contribution in [2.24, 2.45) is 0 Å². The molecule has 0 saturated heterocycles. The van der Waals surface area contributed by atoms with E-state index < -0.39 is 11.8 Å². The van der Waals surface area contributed by atoms with Gasteiger partial charge in [-0.3, -0.25) is 9.59 Å². The molecule has 0 aliphatic rings. The van der Waals surface area contributed by atoms with E-state index in [9.17, 15) is 9.59 Å². The highest BCUT2D eigenvalue weighted by Gasteiger charge is 2.13. The van der Waals surface area contributed by atoms with Crippen molar-refractivity contribution in [2.45, 2.75) is 20.3 Å². The van der Waals surface area contributed by atoms with Crippen LogP contribution in [0.15, 0.2) is 36.4 Å². The molecule has 2 aromatic carbocycles. The highest BCUT2D eigenvalue weighted by Crippen LogP contribution is 2.25. The van der Waals surface area contributed by atoms with E-state index in [1.807, 2.05) is 19.9 Å². The number of benzene rings is 2. The van der Waals surface area contributed by atoms with Crippen molar-refractivity contribution in [3.8, 4) is 5.75 Å². The number of amides is 2. The molecule has 6 heteroatoms. The third kappa shape index (κ3) is 4.73. The molecule has 0 fully saturated rings. The van der Waals surface area contributed by atoms with Gasteiger partial charge < -0.3 is 15.4 Å². The Morgan fingerprint density at radius 3 is 2.42 bits per heavy atom. The standard InChI is InChI=1S/C18H19ClN2O3/c1-11-4-7-16(24-3)15(8-11)21-18(23)10-17(22)20-13-6-5-12(2)14(19)9-13/h4-9H,10H2,1-3H3,(H,20,22)(H,21,23). The second-order valence-corrected chi connectivity index (χ2v) is 5.85. The zero-order valence-corrected chi connectivity index (χ0v) is 14.5. The molecule has 0 saturated carbocycles. The van der Waals surface area contributed by atoms with Crippen LogP contribution in [-0.4, -0.2) is 18.9 Å². The van der Waals surface area contributed by atoms with Crippen molar-refractivity contribution >= 4 is 34.8 Å². The Labute approximate surface area is 146 Å². The lowest BCUT2D eigenvalue weighted by Crippen LogP contribution is -2.21. The fourth-order valence-electron chi connectivity index (χ4n) is 2.14. The van der Waals surface area contributed by atoms with Crippen molar-refractivity contribution in [3.63, 3.8) is 0 Å². The van der Waals surface area contributed by atoms with E-state index in [4.69, 9.17) is 16.3 Å². The van der Waals surface area contributed by atoms with Crippen LogP contribution in [0.4, 0.5) is 11.4 Å². The molecule has 0 bridgehead atoms. The summed E-state index contributed by atoms with van der Waals surface area (Å²) in [5.74, 6) is -0.298. The monoisotopic (exact) mass is 346 g/mol. The van der Waals surface area contributed by atoms with Crippen molar-refractivity contribution in [3.05, 3.63) is 52.5 Å². The van der Waals surface area contributed by atoms with Crippen LogP contribution in [0.3, 0.4) is 0 Å². The number of hydrogen-bond donors (Lipinski definition) is 2. The summed E-state index contributed by atoms with van der Waals surface area (Å²) in [5, 5.41) is 5.90. The quantitative estimate of drug-likeness (QED) is 0.806. The SMILES string of the molecule is COc1ccc(C)cc1NC(=O)CC(=O)Nc1ccc(C)c(Cl)c1. The molecule has 0 aliphatic carbocycles. The Balaban J connectivity index is 1.98. The molecule has 0 radical (unpaired) electrons. The molecule has 2 rings (SSSR count). The zero-order chi connectivity index (χ0) is 17.7. The van der Waals surface area contributed by atoms with Gasteiger partial charge in [0.1, 0.15) is 12.2 Å². The van der Waals surface area contributed by atoms with E-state index in [0.717, 1.165) is 11.1 Å². The summed E-state index contributed by atoms with van der Waals surface area (Å²) >= 11 is 6.01. The van der Waals surface area contributed by atoms with Gasteiger partial charge in [0.15, 0.2) is 0 Å². The van der Waals surface area contributed by atoms with Crippen LogP contribution in [0.25, 0.3) is 0 Å². The molecule has 0 unspecified atom stereocenters. The van der Waals surface area contributed by atoms with E-state index in [1.165, 1.54) is 7.11 Å². The summed E-state index contributed by atoms with van der Waals surface area (Å²) in [6.45, 7) is 3.78. The maximum Gasteiger partial charge on any atom is 0.233 e. The van der Waals surface area contributed by atoms with Gasteiger partial charge in [-0.05, 0) is 49.2 Å². The lowest BCUT2D eigenvalue weighted by molar-refractivity contribution is -0.123. The maximum atomic E-state index is 12.1. The minimum atomic E-state index is -0.422. The van der Waals surface area contributed by atoms with Crippen molar-refractivity contribution < 1.29 is 14.3 Å². The van der Waals surface area contributed by atoms with Crippen LogP contribution < -0.4 is 15.4 Å². The van der Waals surface area contributed by atoms with E-state index in [1.54, 1.807) is 30.3 Å². The van der Waals surface area contributed by atoms with Gasteiger partial charge >= 0.3 is 0 Å². The molecule has 2 N–H and O–H groups in total. The van der Waals surface area contributed by atoms with E-state index in [0.29, 0.717) is 22.1 Å². The van der Waals surface area contributed by atoms with Crippen LogP contribution in [0, 0.1) is 13.8 Å². The Hall–Kier alpha value is -2.53. The highest BCUT2D eigenvalue weighted by molar-refractivity contribution is 6.31. The lowest BCUT2D eigenvalue weighted by atomic mass is 10.2. The summed E-state index contributed by atoms with van der Waals surface area (Å²) in [6.07, 6.45) is -0.303. The number of methoxy groups -OCH3 is 1. The number of hydrogen-bond acceptors (Lipinski definition) is 3. The summed E-state index contributed by atoms with van der Waals surface area (Å²) in [7, 11) is 1.52. The summed E-state index contributed by atoms with van der Waals surface area (Å²) < 4.78 is 5.20. The van der Waals surface area contributed by atoms with Gasteiger partial charge in [-0.15, -0.1) is 0 Å². The molecule has 2 amide bonds. The van der Waals surface area contributed by atoms with Gasteiger partial charge in [-0.2, -0.15) is 0 Å². The molecule has 0 spiro atoms. The number of aryl methyl sites for hydroxylation is 2. The average molecular weight is 347 g/mol. The number of carbonyl (C=O) groups excluding carboxylic acids is 2. The smallest absolute Gasteiger partial charge is 0.233 e. The molecule has 2 aromatic rings. The number of carbonyl (C=O) groups is 2. The van der Waals surface area contributed by atoms with Crippen LogP contribution in [0.2, 0.25) is 5.02 Å². The molecule has 0 heterocycles. The molecule has 24 heavy (non-hydrogen) atoms. The fourth-order valence-corrected chi connectivity index (χ4v) is 2.32. The molecule has 0 aliphatic heterocycles. The minimum Gasteiger partial charge on any atom is -0.495 e. The second-order valence-electron chi connectivity index (χ2n) is 5.44. The van der Waals surface area contributed by atoms with E-state index in [-0.39, 0.29) is 6.42 Å². The first-order valence-corrected chi connectivity index (χ1v) is 7.77. The zero-order valence-electron chi connectivity index (χ0n) is 13.8. The number of rotatable bonds is 5. The van der Waals surface area contributed by atoms with Crippen LogP contribution in [-0.2, 0) is 9.59 Å². The summed E-state index contributed by atoms with van der Waals surface area (Å²) in [6, 6.07) is 10.6. The van der Waals surface area contributed by atoms with Crippen LogP contribution >= 0.6 is 11.6 Å². The molecular weight excluding hydrogens is 328 g/mol. The lowest BCUT2D eigenvalue weighted by Gasteiger charge is -2.11. The second kappa shape index (κ2) is 7.84. The van der Waals surface area contributed by atoms with E-state index in [2.05, 4.69) is 10.6 Å². The molecule has 126 valence electrons. The topological polar surface area (TPSA) is 67.4 Å². The van der Waals surface area contributed by atoms with Crippen molar-refractivity contribution in [1.29, 1.82) is 0 Å². The largest absolute Gasteiger partial charge is 0.495 e. The normalized spacial score (nSPS) is 10.2. The average Bonchev–Trinajstić information content (AvgIpc) is 2.51. The highest BCUT2D eigenvalue weighted by atomic mass is 35.5. The Bertz CT molecular complexity index is 775. The van der Waals surface area contributed by atoms with Crippen LogP contribution in [0.1, 0.15) is 17.5 Å². The van der Waals surface area contributed by atoms with Gasteiger partial charge in [0.2, 0.25) is 11.8 Å². The first-order valence-electron chi connectivity index (χ1n) is 7.39. The predicted octanol–water partition coefficient (Wildman–Crippen LogP) is 3.93. The van der Waals surface area contributed by atoms with Gasteiger partial charge in [0, 0.05) is 10.7 Å². The molecule has 0 atom stereocenters. The van der Waals surface area contributed by atoms with E-state index >= 15 is 0 Å². The Kier molecular flexibility index (Phi) is 5.82.